The first-order valence-corrected chi connectivity index (χ1v) is 9.14. The SMILES string of the molecule is CCOC(=O)c1cn(C2CC2)c2c(-c3ccc(F)c(F)c3F)c(F)c(F)cc2c1=O. The number of halogens is 5. The lowest BCUT2D eigenvalue weighted by Gasteiger charge is -2.17. The van der Waals surface area contributed by atoms with Crippen molar-refractivity contribution in [2.24, 2.45) is 0 Å². The van der Waals surface area contributed by atoms with Crippen molar-refractivity contribution in [1.29, 1.82) is 0 Å². The molecule has 0 saturated heterocycles. The maximum absolute atomic E-state index is 14.8. The number of fused-ring (bicyclic) bond motifs is 1. The van der Waals surface area contributed by atoms with E-state index in [9.17, 15) is 31.5 Å². The van der Waals surface area contributed by atoms with Gasteiger partial charge in [0.25, 0.3) is 0 Å². The number of pyridine rings is 1. The van der Waals surface area contributed by atoms with Crippen molar-refractivity contribution >= 4 is 16.9 Å². The number of hydrogen-bond donors (Lipinski definition) is 0. The highest BCUT2D eigenvalue weighted by atomic mass is 19.2. The van der Waals surface area contributed by atoms with Crippen molar-refractivity contribution in [2.45, 2.75) is 25.8 Å². The van der Waals surface area contributed by atoms with Crippen LogP contribution in [0.3, 0.4) is 0 Å². The van der Waals surface area contributed by atoms with E-state index in [4.69, 9.17) is 4.74 Å². The van der Waals surface area contributed by atoms with E-state index in [0.29, 0.717) is 25.0 Å². The number of rotatable bonds is 4. The van der Waals surface area contributed by atoms with E-state index >= 15 is 0 Å². The van der Waals surface area contributed by atoms with Gasteiger partial charge in [0.2, 0.25) is 5.43 Å². The van der Waals surface area contributed by atoms with Crippen molar-refractivity contribution in [2.75, 3.05) is 6.61 Å². The molecule has 0 bridgehead atoms. The minimum absolute atomic E-state index is 0.0111. The molecule has 0 aliphatic heterocycles. The van der Waals surface area contributed by atoms with Crippen LogP contribution in [0.5, 0.6) is 0 Å². The summed E-state index contributed by atoms with van der Waals surface area (Å²) in [5.74, 6) is -9.03. The van der Waals surface area contributed by atoms with Crippen molar-refractivity contribution in [3.05, 3.63) is 69.3 Å². The van der Waals surface area contributed by atoms with Gasteiger partial charge >= 0.3 is 5.97 Å². The van der Waals surface area contributed by atoms with Crippen molar-refractivity contribution in [3.8, 4) is 11.1 Å². The molecule has 156 valence electrons. The third kappa shape index (κ3) is 3.05. The molecule has 3 aromatic rings. The molecule has 4 rings (SSSR count). The fraction of sp³-hybridized carbons (Fsp3) is 0.238. The number of nitrogens with zero attached hydrogens (tertiary/aromatic N) is 1. The van der Waals surface area contributed by atoms with Gasteiger partial charge in [-0.05, 0) is 38.0 Å². The quantitative estimate of drug-likeness (QED) is 0.342. The molecule has 0 atom stereocenters. The summed E-state index contributed by atoms with van der Waals surface area (Å²) < 4.78 is 77.1. The van der Waals surface area contributed by atoms with Crippen LogP contribution in [0.4, 0.5) is 22.0 Å². The van der Waals surface area contributed by atoms with Gasteiger partial charge in [-0.3, -0.25) is 4.79 Å². The zero-order valence-electron chi connectivity index (χ0n) is 15.6. The van der Waals surface area contributed by atoms with Crippen LogP contribution in [0, 0.1) is 29.1 Å². The molecule has 1 saturated carbocycles. The highest BCUT2D eigenvalue weighted by Crippen LogP contribution is 2.41. The molecule has 1 heterocycles. The zero-order chi connectivity index (χ0) is 21.7. The molecule has 1 aromatic heterocycles. The molecule has 4 nitrogen and oxygen atoms in total. The summed E-state index contributed by atoms with van der Waals surface area (Å²) in [5, 5.41) is -0.398. The van der Waals surface area contributed by atoms with E-state index in [2.05, 4.69) is 0 Å². The lowest BCUT2D eigenvalue weighted by molar-refractivity contribution is 0.0524. The molecule has 30 heavy (non-hydrogen) atoms. The largest absolute Gasteiger partial charge is 0.462 e. The van der Waals surface area contributed by atoms with Crippen LogP contribution in [0.2, 0.25) is 0 Å². The van der Waals surface area contributed by atoms with Crippen LogP contribution >= 0.6 is 0 Å². The molecule has 0 unspecified atom stereocenters. The lowest BCUT2D eigenvalue weighted by atomic mass is 9.98. The Labute approximate surface area is 166 Å². The number of esters is 1. The third-order valence-corrected chi connectivity index (χ3v) is 4.95. The van der Waals surface area contributed by atoms with Crippen LogP contribution in [0.1, 0.15) is 36.2 Å². The normalized spacial score (nSPS) is 13.7. The Morgan fingerprint density at radius 2 is 1.77 bits per heavy atom. The minimum Gasteiger partial charge on any atom is -0.462 e. The van der Waals surface area contributed by atoms with Gasteiger partial charge in [-0.15, -0.1) is 0 Å². The molecule has 9 heteroatoms. The summed E-state index contributed by atoms with van der Waals surface area (Å²) in [7, 11) is 0. The molecule has 1 aliphatic carbocycles. The van der Waals surface area contributed by atoms with Gasteiger partial charge in [-0.25, -0.2) is 26.7 Å². The maximum Gasteiger partial charge on any atom is 0.343 e. The number of ether oxygens (including phenoxy) is 1. The summed E-state index contributed by atoms with van der Waals surface area (Å²) in [6, 6.07) is 1.69. The first-order valence-electron chi connectivity index (χ1n) is 9.14. The summed E-state index contributed by atoms with van der Waals surface area (Å²) in [5.41, 5.74) is -3.00. The first-order chi connectivity index (χ1) is 14.3. The molecule has 0 radical (unpaired) electrons. The highest BCUT2D eigenvalue weighted by molar-refractivity contribution is 5.99. The van der Waals surface area contributed by atoms with E-state index in [1.807, 2.05) is 0 Å². The second-order valence-electron chi connectivity index (χ2n) is 6.90. The lowest BCUT2D eigenvalue weighted by Crippen LogP contribution is -2.21. The Hall–Kier alpha value is -3.23. The minimum atomic E-state index is -1.85. The van der Waals surface area contributed by atoms with Gasteiger partial charge in [0, 0.05) is 23.4 Å². The Bertz CT molecular complexity index is 1260. The average Bonchev–Trinajstić information content (AvgIpc) is 3.54. The Kier molecular flexibility index (Phi) is 4.83. The van der Waals surface area contributed by atoms with Crippen LogP contribution in [0.15, 0.2) is 29.2 Å². The van der Waals surface area contributed by atoms with Gasteiger partial charge in [-0.2, -0.15) is 0 Å². The van der Waals surface area contributed by atoms with Crippen LogP contribution in [-0.4, -0.2) is 17.1 Å². The van der Waals surface area contributed by atoms with Gasteiger partial charge in [0.1, 0.15) is 5.56 Å². The van der Waals surface area contributed by atoms with Gasteiger partial charge in [0.05, 0.1) is 17.5 Å². The smallest absolute Gasteiger partial charge is 0.343 e. The molecule has 0 spiro atoms. The molecule has 1 aliphatic rings. The number of benzene rings is 2. The molecular weight excluding hydrogens is 409 g/mol. The van der Waals surface area contributed by atoms with Gasteiger partial charge < -0.3 is 9.30 Å². The Balaban J connectivity index is 2.16. The van der Waals surface area contributed by atoms with Crippen LogP contribution in [-0.2, 0) is 4.74 Å². The topological polar surface area (TPSA) is 48.3 Å². The number of hydrogen-bond acceptors (Lipinski definition) is 3. The van der Waals surface area contributed by atoms with Crippen molar-refractivity contribution in [3.63, 3.8) is 0 Å². The predicted octanol–water partition coefficient (Wildman–Crippen LogP) is 4.88. The van der Waals surface area contributed by atoms with E-state index < -0.39 is 57.0 Å². The van der Waals surface area contributed by atoms with E-state index in [-0.39, 0.29) is 23.7 Å². The monoisotopic (exact) mass is 423 g/mol. The molecule has 2 aromatic carbocycles. The average molecular weight is 423 g/mol. The standard InChI is InChI=1S/C21H14F5NO3/c1-2-30-21(29)12-8-27(9-3-4-9)19-11(20(12)28)7-14(23)17(25)15(19)10-5-6-13(22)18(26)16(10)24/h5-9H,2-4H2,1H3. The second-order valence-corrected chi connectivity index (χ2v) is 6.90. The van der Waals surface area contributed by atoms with Gasteiger partial charge in [-0.1, -0.05) is 0 Å². The predicted molar refractivity (Wildman–Crippen MR) is 97.7 cm³/mol. The first kappa shape index (κ1) is 20.1. The molecular formula is C21H14F5NO3. The zero-order valence-corrected chi connectivity index (χ0v) is 15.6. The second kappa shape index (κ2) is 7.23. The Morgan fingerprint density at radius 1 is 1.07 bits per heavy atom. The number of aromatic nitrogens is 1. The summed E-state index contributed by atoms with van der Waals surface area (Å²) >= 11 is 0. The summed E-state index contributed by atoms with van der Waals surface area (Å²) in [6.45, 7) is 1.53. The van der Waals surface area contributed by atoms with Crippen LogP contribution in [0.25, 0.3) is 22.0 Å². The third-order valence-electron chi connectivity index (χ3n) is 4.95. The van der Waals surface area contributed by atoms with Gasteiger partial charge in [0.15, 0.2) is 29.1 Å². The molecule has 0 amide bonds. The highest BCUT2D eigenvalue weighted by Gasteiger charge is 2.31. The fourth-order valence-electron chi connectivity index (χ4n) is 3.42. The summed E-state index contributed by atoms with van der Waals surface area (Å²) in [6.07, 6.45) is 2.37. The number of carbonyl (C=O) groups is 1. The molecule has 0 N–H and O–H groups in total. The van der Waals surface area contributed by atoms with E-state index in [1.165, 1.54) is 11.5 Å². The maximum atomic E-state index is 14.8. The summed E-state index contributed by atoms with van der Waals surface area (Å²) in [4.78, 5) is 25.1. The van der Waals surface area contributed by atoms with Crippen LogP contribution < -0.4 is 5.43 Å². The van der Waals surface area contributed by atoms with Crippen molar-refractivity contribution in [1.82, 2.24) is 4.57 Å². The van der Waals surface area contributed by atoms with E-state index in [1.54, 1.807) is 0 Å². The number of carbonyl (C=O) groups excluding carboxylic acids is 1. The van der Waals surface area contributed by atoms with E-state index in [0.717, 1.165) is 12.3 Å². The Morgan fingerprint density at radius 3 is 2.40 bits per heavy atom. The molecule has 1 fully saturated rings. The fourth-order valence-corrected chi connectivity index (χ4v) is 3.42. The van der Waals surface area contributed by atoms with Crippen molar-refractivity contribution < 1.29 is 31.5 Å².